The Hall–Kier alpha value is -2.12. The van der Waals surface area contributed by atoms with E-state index in [4.69, 9.17) is 9.47 Å². The van der Waals surface area contributed by atoms with Gasteiger partial charge in [-0.2, -0.15) is 0 Å². The van der Waals surface area contributed by atoms with Crippen LogP contribution < -0.4 is 14.8 Å². The number of nitrogens with zero attached hydrogens (tertiary/aromatic N) is 2. The van der Waals surface area contributed by atoms with Crippen molar-refractivity contribution in [1.29, 1.82) is 0 Å². The Bertz CT molecular complexity index is 791. The van der Waals surface area contributed by atoms with Crippen LogP contribution in [0.1, 0.15) is 16.7 Å². The van der Waals surface area contributed by atoms with Crippen molar-refractivity contribution in [3.05, 3.63) is 59.2 Å². The van der Waals surface area contributed by atoms with Crippen LogP contribution in [0.25, 0.3) is 0 Å². The first kappa shape index (κ1) is 22.6. The molecule has 0 amide bonds. The lowest BCUT2D eigenvalue weighted by Gasteiger charge is -2.33. The molecule has 1 fully saturated rings. The number of likely N-dealkylation sites (N-methyl/N-ethyl adjacent to an activating group) is 1. The van der Waals surface area contributed by atoms with E-state index < -0.39 is 6.10 Å². The molecule has 1 aliphatic rings. The second-order valence-electron chi connectivity index (χ2n) is 8.08. The molecule has 1 saturated heterocycles. The van der Waals surface area contributed by atoms with Crippen molar-refractivity contribution in [3.8, 4) is 11.5 Å². The number of hydrogen-bond donors (Lipinski definition) is 2. The number of methoxy groups -OCH3 is 1. The molecule has 1 atom stereocenters. The van der Waals surface area contributed by atoms with E-state index in [-0.39, 0.29) is 6.61 Å². The zero-order valence-corrected chi connectivity index (χ0v) is 18.4. The van der Waals surface area contributed by atoms with E-state index in [1.54, 1.807) is 7.11 Å². The van der Waals surface area contributed by atoms with Gasteiger partial charge in [0.05, 0.1) is 7.11 Å². The maximum Gasteiger partial charge on any atom is 0.161 e. The minimum atomic E-state index is -0.527. The Morgan fingerprint density at radius 2 is 1.80 bits per heavy atom. The Morgan fingerprint density at radius 1 is 1.03 bits per heavy atom. The molecule has 2 N–H and O–H groups in total. The highest BCUT2D eigenvalue weighted by atomic mass is 16.5. The van der Waals surface area contributed by atoms with E-state index in [0.717, 1.165) is 44.8 Å². The zero-order chi connectivity index (χ0) is 21.3. The molecule has 1 heterocycles. The molecule has 0 bridgehead atoms. The minimum absolute atomic E-state index is 0.253. The number of β-amino-alcohol motifs (C(OH)–C–C–N with tert-alkyl or cyclic N) is 1. The third kappa shape index (κ3) is 6.71. The molecule has 6 heteroatoms. The van der Waals surface area contributed by atoms with Crippen LogP contribution in [0.2, 0.25) is 0 Å². The van der Waals surface area contributed by atoms with Crippen LogP contribution in [-0.2, 0) is 13.1 Å². The summed E-state index contributed by atoms with van der Waals surface area (Å²) in [6.07, 6.45) is -0.527. The first-order chi connectivity index (χ1) is 14.5. The lowest BCUT2D eigenvalue weighted by molar-refractivity contribution is 0.0498. The normalized spacial score (nSPS) is 16.4. The minimum Gasteiger partial charge on any atom is -0.493 e. The molecular weight excluding hydrogens is 378 g/mol. The number of rotatable bonds is 10. The van der Waals surface area contributed by atoms with Gasteiger partial charge in [0.1, 0.15) is 12.7 Å². The van der Waals surface area contributed by atoms with E-state index in [2.05, 4.69) is 53.4 Å². The van der Waals surface area contributed by atoms with Gasteiger partial charge in [-0.3, -0.25) is 4.90 Å². The SMILES string of the molecule is COc1ccc(CNCc2ccccc2C)cc1OC[C@H](O)CN1CCN(C)CC1. The molecule has 0 radical (unpaired) electrons. The molecule has 164 valence electrons. The van der Waals surface area contributed by atoms with Gasteiger partial charge in [0, 0.05) is 45.8 Å². The Balaban J connectivity index is 1.50. The van der Waals surface area contributed by atoms with Gasteiger partial charge in [0.25, 0.3) is 0 Å². The summed E-state index contributed by atoms with van der Waals surface area (Å²) in [5, 5.41) is 13.9. The van der Waals surface area contributed by atoms with Crippen LogP contribution in [0.15, 0.2) is 42.5 Å². The van der Waals surface area contributed by atoms with Crippen LogP contribution in [0.3, 0.4) is 0 Å². The molecule has 2 aromatic carbocycles. The molecule has 0 saturated carbocycles. The van der Waals surface area contributed by atoms with E-state index in [0.29, 0.717) is 18.0 Å². The molecule has 1 aliphatic heterocycles. The first-order valence-electron chi connectivity index (χ1n) is 10.7. The van der Waals surface area contributed by atoms with Crippen LogP contribution in [0.4, 0.5) is 0 Å². The van der Waals surface area contributed by atoms with Crippen molar-refractivity contribution in [1.82, 2.24) is 15.1 Å². The molecular formula is C24H35N3O3. The zero-order valence-electron chi connectivity index (χ0n) is 18.4. The summed E-state index contributed by atoms with van der Waals surface area (Å²) in [7, 11) is 3.77. The summed E-state index contributed by atoms with van der Waals surface area (Å²) < 4.78 is 11.4. The largest absolute Gasteiger partial charge is 0.493 e. The summed E-state index contributed by atoms with van der Waals surface area (Å²) in [5.74, 6) is 1.36. The molecule has 0 spiro atoms. The van der Waals surface area contributed by atoms with Gasteiger partial charge < -0.3 is 24.8 Å². The molecule has 0 unspecified atom stereocenters. The Labute approximate surface area is 180 Å². The van der Waals surface area contributed by atoms with Crippen LogP contribution >= 0.6 is 0 Å². The second kappa shape index (κ2) is 11.3. The van der Waals surface area contributed by atoms with Crippen molar-refractivity contribution >= 4 is 0 Å². The number of aliphatic hydroxyl groups excluding tert-OH is 1. The topological polar surface area (TPSA) is 57.2 Å². The predicted octanol–water partition coefficient (Wildman–Crippen LogP) is 2.28. The van der Waals surface area contributed by atoms with Gasteiger partial charge in [-0.05, 0) is 42.8 Å². The number of ether oxygens (including phenoxy) is 2. The van der Waals surface area contributed by atoms with Crippen LogP contribution in [-0.4, -0.2) is 74.5 Å². The fourth-order valence-electron chi connectivity index (χ4n) is 3.66. The highest BCUT2D eigenvalue weighted by Gasteiger charge is 2.18. The molecule has 30 heavy (non-hydrogen) atoms. The van der Waals surface area contributed by atoms with E-state index in [1.165, 1.54) is 11.1 Å². The predicted molar refractivity (Wildman–Crippen MR) is 120 cm³/mol. The number of aliphatic hydroxyl groups is 1. The van der Waals surface area contributed by atoms with Gasteiger partial charge in [-0.15, -0.1) is 0 Å². The van der Waals surface area contributed by atoms with Gasteiger partial charge in [0.2, 0.25) is 0 Å². The number of hydrogen-bond acceptors (Lipinski definition) is 6. The molecule has 0 aromatic heterocycles. The molecule has 0 aliphatic carbocycles. The Kier molecular flexibility index (Phi) is 8.51. The monoisotopic (exact) mass is 413 g/mol. The average molecular weight is 414 g/mol. The van der Waals surface area contributed by atoms with Gasteiger partial charge in [-0.1, -0.05) is 30.3 Å². The summed E-state index contributed by atoms with van der Waals surface area (Å²) in [6.45, 7) is 8.62. The average Bonchev–Trinajstić information content (AvgIpc) is 2.75. The highest BCUT2D eigenvalue weighted by molar-refractivity contribution is 5.43. The van der Waals surface area contributed by atoms with E-state index in [1.807, 2.05) is 18.2 Å². The number of aryl methyl sites for hydroxylation is 1. The van der Waals surface area contributed by atoms with Crippen molar-refractivity contribution < 1.29 is 14.6 Å². The first-order valence-corrected chi connectivity index (χ1v) is 10.7. The third-order valence-electron chi connectivity index (χ3n) is 5.63. The fraction of sp³-hybridized carbons (Fsp3) is 0.500. The summed E-state index contributed by atoms with van der Waals surface area (Å²) >= 11 is 0. The maximum atomic E-state index is 10.4. The fourth-order valence-corrected chi connectivity index (χ4v) is 3.66. The summed E-state index contributed by atoms with van der Waals surface area (Å²) in [6, 6.07) is 14.4. The quantitative estimate of drug-likeness (QED) is 0.623. The van der Waals surface area contributed by atoms with Crippen molar-refractivity contribution in [2.24, 2.45) is 0 Å². The number of piperazine rings is 1. The Morgan fingerprint density at radius 3 is 2.53 bits per heavy atom. The lowest BCUT2D eigenvalue weighted by atomic mass is 10.1. The van der Waals surface area contributed by atoms with Crippen molar-refractivity contribution in [2.45, 2.75) is 26.1 Å². The van der Waals surface area contributed by atoms with E-state index in [9.17, 15) is 5.11 Å². The number of benzene rings is 2. The van der Waals surface area contributed by atoms with Gasteiger partial charge in [0.15, 0.2) is 11.5 Å². The summed E-state index contributed by atoms with van der Waals surface area (Å²) in [5.41, 5.74) is 3.71. The van der Waals surface area contributed by atoms with Crippen LogP contribution in [0.5, 0.6) is 11.5 Å². The standard InChI is InChI=1S/C24H35N3O3/c1-19-6-4-5-7-21(19)16-25-15-20-8-9-23(29-3)24(14-20)30-18-22(28)17-27-12-10-26(2)11-13-27/h4-9,14,22,25,28H,10-13,15-18H2,1-3H3/t22-/m1/s1. The number of nitrogens with one attached hydrogen (secondary N) is 1. The second-order valence-corrected chi connectivity index (χ2v) is 8.08. The molecule has 2 aromatic rings. The summed E-state index contributed by atoms with van der Waals surface area (Å²) in [4.78, 5) is 4.60. The lowest BCUT2D eigenvalue weighted by Crippen LogP contribution is -2.47. The van der Waals surface area contributed by atoms with E-state index >= 15 is 0 Å². The van der Waals surface area contributed by atoms with Gasteiger partial charge in [-0.25, -0.2) is 0 Å². The van der Waals surface area contributed by atoms with Gasteiger partial charge >= 0.3 is 0 Å². The van der Waals surface area contributed by atoms with Crippen molar-refractivity contribution in [2.75, 3.05) is 53.5 Å². The molecule has 3 rings (SSSR count). The smallest absolute Gasteiger partial charge is 0.161 e. The van der Waals surface area contributed by atoms with Crippen molar-refractivity contribution in [3.63, 3.8) is 0 Å². The van der Waals surface area contributed by atoms with Crippen LogP contribution in [0, 0.1) is 6.92 Å². The highest BCUT2D eigenvalue weighted by Crippen LogP contribution is 2.28. The molecule has 6 nitrogen and oxygen atoms in total. The third-order valence-corrected chi connectivity index (χ3v) is 5.63. The maximum absolute atomic E-state index is 10.4.